The Labute approximate surface area is 80.9 Å². The number of nitrogens with zero attached hydrogens (tertiary/aromatic N) is 4. The van der Waals surface area contributed by atoms with Gasteiger partial charge in [0.05, 0.1) is 6.21 Å². The minimum Gasteiger partial charge on any atom is -0.204 e. The van der Waals surface area contributed by atoms with E-state index in [9.17, 15) is 0 Å². The van der Waals surface area contributed by atoms with Crippen LogP contribution in [-0.2, 0) is 6.42 Å². The Balaban J connectivity index is 2.19. The van der Waals surface area contributed by atoms with Crippen LogP contribution in [0.2, 0.25) is 0 Å². The molecule has 3 rings (SSSR count). The molecule has 0 aliphatic carbocycles. The van der Waals surface area contributed by atoms with Crippen molar-refractivity contribution in [1.82, 2.24) is 14.9 Å². The Morgan fingerprint density at radius 3 is 3.14 bits per heavy atom. The first-order chi connectivity index (χ1) is 6.93. The molecule has 14 heavy (non-hydrogen) atoms. The molecule has 1 aliphatic heterocycles. The van der Waals surface area contributed by atoms with Crippen molar-refractivity contribution in [2.24, 2.45) is 5.10 Å². The van der Waals surface area contributed by atoms with Gasteiger partial charge in [-0.1, -0.05) is 24.3 Å². The summed E-state index contributed by atoms with van der Waals surface area (Å²) in [4.78, 5) is 0. The molecule has 0 amide bonds. The summed E-state index contributed by atoms with van der Waals surface area (Å²) in [6.07, 6.45) is 4.25. The molecule has 4 heteroatoms. The first kappa shape index (κ1) is 7.44. The van der Waals surface area contributed by atoms with E-state index in [-0.39, 0.29) is 0 Å². The van der Waals surface area contributed by atoms with Crippen molar-refractivity contribution < 1.29 is 0 Å². The Morgan fingerprint density at radius 2 is 2.14 bits per heavy atom. The van der Waals surface area contributed by atoms with E-state index in [4.69, 9.17) is 0 Å². The zero-order valence-corrected chi connectivity index (χ0v) is 7.46. The number of hydrogen-bond donors (Lipinski definition) is 0. The average Bonchev–Trinajstić information content (AvgIpc) is 2.58. The lowest BCUT2D eigenvalue weighted by Crippen LogP contribution is -1.96. The summed E-state index contributed by atoms with van der Waals surface area (Å²) in [5, 5.41) is 12.1. The van der Waals surface area contributed by atoms with Gasteiger partial charge in [0, 0.05) is 6.42 Å². The van der Waals surface area contributed by atoms with Crippen molar-refractivity contribution in [3.05, 3.63) is 47.5 Å². The number of hydrogen-bond acceptors (Lipinski definition) is 3. The summed E-state index contributed by atoms with van der Waals surface area (Å²) in [7, 11) is 0. The van der Waals surface area contributed by atoms with Gasteiger partial charge in [-0.15, -0.1) is 10.2 Å². The highest BCUT2D eigenvalue weighted by atomic mass is 15.4. The van der Waals surface area contributed by atoms with E-state index < -0.39 is 0 Å². The first-order valence-corrected chi connectivity index (χ1v) is 4.44. The van der Waals surface area contributed by atoms with Crippen LogP contribution in [0.15, 0.2) is 35.7 Å². The van der Waals surface area contributed by atoms with Gasteiger partial charge in [0.15, 0.2) is 5.82 Å². The number of benzene rings is 1. The van der Waals surface area contributed by atoms with E-state index in [1.54, 1.807) is 11.0 Å². The molecule has 0 bridgehead atoms. The fraction of sp³-hybridized carbons (Fsp3) is 0.100. The average molecular weight is 184 g/mol. The van der Waals surface area contributed by atoms with E-state index in [0.29, 0.717) is 0 Å². The second kappa shape index (κ2) is 2.77. The first-order valence-electron chi connectivity index (χ1n) is 4.44. The van der Waals surface area contributed by atoms with Gasteiger partial charge in [-0.3, -0.25) is 0 Å². The van der Waals surface area contributed by atoms with E-state index in [1.165, 1.54) is 5.56 Å². The third-order valence-electron chi connectivity index (χ3n) is 2.32. The summed E-state index contributed by atoms with van der Waals surface area (Å²) in [5.74, 6) is 0.881. The lowest BCUT2D eigenvalue weighted by Gasteiger charge is -1.99. The van der Waals surface area contributed by atoms with Crippen LogP contribution in [-0.4, -0.2) is 21.1 Å². The molecule has 0 spiro atoms. The van der Waals surface area contributed by atoms with Crippen LogP contribution in [0.5, 0.6) is 0 Å². The molecular formula is C10H8N4. The Morgan fingerprint density at radius 1 is 1.21 bits per heavy atom. The highest BCUT2D eigenvalue weighted by molar-refractivity contribution is 5.82. The van der Waals surface area contributed by atoms with Crippen LogP contribution >= 0.6 is 0 Å². The van der Waals surface area contributed by atoms with E-state index in [2.05, 4.69) is 27.4 Å². The minimum absolute atomic E-state index is 0.788. The molecule has 0 fully saturated rings. The third kappa shape index (κ3) is 1.04. The second-order valence-corrected chi connectivity index (χ2v) is 3.21. The van der Waals surface area contributed by atoms with Gasteiger partial charge in [-0.05, 0) is 11.1 Å². The molecule has 0 saturated heterocycles. The van der Waals surface area contributed by atoms with Gasteiger partial charge in [0.2, 0.25) is 0 Å². The van der Waals surface area contributed by atoms with Crippen LogP contribution in [0.1, 0.15) is 17.0 Å². The van der Waals surface area contributed by atoms with E-state index >= 15 is 0 Å². The summed E-state index contributed by atoms with van der Waals surface area (Å²) < 4.78 is 1.71. The van der Waals surface area contributed by atoms with Crippen LogP contribution < -0.4 is 0 Å². The number of rotatable bonds is 0. The quantitative estimate of drug-likeness (QED) is 0.524. The maximum atomic E-state index is 4.25. The fourth-order valence-electron chi connectivity index (χ4n) is 1.58. The van der Waals surface area contributed by atoms with Crippen molar-refractivity contribution in [2.45, 2.75) is 6.42 Å². The normalized spacial score (nSPS) is 13.1. The smallest absolute Gasteiger partial charge is 0.158 e. The molecule has 0 saturated carbocycles. The summed E-state index contributed by atoms with van der Waals surface area (Å²) in [5.41, 5.74) is 2.39. The van der Waals surface area contributed by atoms with Gasteiger partial charge in [0.25, 0.3) is 0 Å². The van der Waals surface area contributed by atoms with E-state index in [0.717, 1.165) is 17.8 Å². The molecule has 0 atom stereocenters. The molecular weight excluding hydrogens is 176 g/mol. The number of aromatic nitrogens is 3. The molecule has 1 aromatic heterocycles. The fourth-order valence-corrected chi connectivity index (χ4v) is 1.58. The van der Waals surface area contributed by atoms with Crippen LogP contribution in [0, 0.1) is 0 Å². The van der Waals surface area contributed by atoms with Gasteiger partial charge < -0.3 is 0 Å². The molecule has 1 aliphatic rings. The topological polar surface area (TPSA) is 43.1 Å². The largest absolute Gasteiger partial charge is 0.204 e. The van der Waals surface area contributed by atoms with E-state index in [1.807, 2.05) is 18.3 Å². The molecule has 0 unspecified atom stereocenters. The third-order valence-corrected chi connectivity index (χ3v) is 2.32. The van der Waals surface area contributed by atoms with Crippen molar-refractivity contribution in [3.63, 3.8) is 0 Å². The molecule has 2 heterocycles. The van der Waals surface area contributed by atoms with Crippen LogP contribution in [0.3, 0.4) is 0 Å². The Kier molecular flexibility index (Phi) is 1.47. The minimum atomic E-state index is 0.788. The van der Waals surface area contributed by atoms with Gasteiger partial charge in [-0.2, -0.15) is 5.10 Å². The standard InChI is InChI=1S/C10H8N4/c1-2-4-9-6-12-14-7-11-13-10(14)5-8(9)3-1/h1-4,6-7H,5H2. The Bertz CT molecular complexity index is 498. The lowest BCUT2D eigenvalue weighted by molar-refractivity contribution is 0.808. The lowest BCUT2D eigenvalue weighted by atomic mass is 10.1. The predicted octanol–water partition coefficient (Wildman–Crippen LogP) is 1.06. The molecule has 2 aromatic rings. The molecule has 4 nitrogen and oxygen atoms in total. The zero-order valence-electron chi connectivity index (χ0n) is 7.46. The second-order valence-electron chi connectivity index (χ2n) is 3.21. The molecule has 1 aromatic carbocycles. The Hall–Kier alpha value is -1.97. The molecule has 0 radical (unpaired) electrons. The van der Waals surface area contributed by atoms with Crippen LogP contribution in [0.25, 0.3) is 0 Å². The van der Waals surface area contributed by atoms with Crippen molar-refractivity contribution in [1.29, 1.82) is 0 Å². The SMILES string of the molecule is C1=Nn2cnnc2Cc2ccccc21. The summed E-state index contributed by atoms with van der Waals surface area (Å²) >= 11 is 0. The molecule has 68 valence electrons. The summed E-state index contributed by atoms with van der Waals surface area (Å²) in [6, 6.07) is 8.18. The number of fused-ring (bicyclic) bond motifs is 2. The van der Waals surface area contributed by atoms with Crippen molar-refractivity contribution in [3.8, 4) is 0 Å². The van der Waals surface area contributed by atoms with Gasteiger partial charge in [0.1, 0.15) is 6.33 Å². The highest BCUT2D eigenvalue weighted by Crippen LogP contribution is 2.14. The van der Waals surface area contributed by atoms with Gasteiger partial charge in [-0.25, -0.2) is 4.68 Å². The zero-order chi connectivity index (χ0) is 9.38. The van der Waals surface area contributed by atoms with Crippen molar-refractivity contribution in [2.75, 3.05) is 0 Å². The molecule has 0 N–H and O–H groups in total. The van der Waals surface area contributed by atoms with Crippen LogP contribution in [0.4, 0.5) is 0 Å². The predicted molar refractivity (Wildman–Crippen MR) is 52.3 cm³/mol. The highest BCUT2D eigenvalue weighted by Gasteiger charge is 2.10. The summed E-state index contributed by atoms with van der Waals surface area (Å²) in [6.45, 7) is 0. The maximum absolute atomic E-state index is 4.25. The maximum Gasteiger partial charge on any atom is 0.158 e. The van der Waals surface area contributed by atoms with Gasteiger partial charge >= 0.3 is 0 Å². The van der Waals surface area contributed by atoms with Crippen molar-refractivity contribution >= 4 is 6.21 Å². The monoisotopic (exact) mass is 184 g/mol.